The largest absolute Gasteiger partial charge is 0.495 e. The SMILES string of the molecule is COc1ccc(-c2cccc(CC(=O)Nc3ccc(-n4ccc(=O)[nH]c4=O)c(Cl)c3)c2)cc1Cl. The van der Waals surface area contributed by atoms with Crippen molar-refractivity contribution in [2.45, 2.75) is 6.42 Å². The van der Waals surface area contributed by atoms with E-state index in [4.69, 9.17) is 27.9 Å². The van der Waals surface area contributed by atoms with Crippen LogP contribution in [0.25, 0.3) is 16.8 Å². The number of aromatic amines is 1. The Hall–Kier alpha value is -3.81. The summed E-state index contributed by atoms with van der Waals surface area (Å²) in [7, 11) is 1.56. The molecule has 0 atom stereocenters. The molecule has 0 radical (unpaired) electrons. The van der Waals surface area contributed by atoms with Crippen LogP contribution in [0.4, 0.5) is 5.69 Å². The number of amides is 1. The number of carbonyl (C=O) groups excluding carboxylic acids is 1. The van der Waals surface area contributed by atoms with Gasteiger partial charge in [0.15, 0.2) is 0 Å². The number of rotatable bonds is 6. The zero-order valence-corrected chi connectivity index (χ0v) is 19.5. The first-order chi connectivity index (χ1) is 16.3. The Kier molecular flexibility index (Phi) is 6.86. The van der Waals surface area contributed by atoms with Crippen LogP contribution >= 0.6 is 23.2 Å². The highest BCUT2D eigenvalue weighted by molar-refractivity contribution is 6.33. The smallest absolute Gasteiger partial charge is 0.332 e. The minimum absolute atomic E-state index is 0.149. The average Bonchev–Trinajstić information content (AvgIpc) is 2.80. The first-order valence-electron chi connectivity index (χ1n) is 10.2. The van der Waals surface area contributed by atoms with Crippen LogP contribution in [0.5, 0.6) is 5.75 Å². The van der Waals surface area contributed by atoms with Gasteiger partial charge in [0.1, 0.15) is 5.75 Å². The molecule has 0 fully saturated rings. The molecule has 1 amide bonds. The van der Waals surface area contributed by atoms with Crippen molar-refractivity contribution in [3.8, 4) is 22.6 Å². The summed E-state index contributed by atoms with van der Waals surface area (Å²) in [5.74, 6) is 0.367. The molecule has 4 rings (SSSR count). The maximum Gasteiger partial charge on any atom is 0.332 e. The van der Waals surface area contributed by atoms with Crippen LogP contribution in [0.2, 0.25) is 10.0 Å². The molecule has 172 valence electrons. The Labute approximate surface area is 204 Å². The second-order valence-electron chi connectivity index (χ2n) is 7.42. The Bertz CT molecular complexity index is 1490. The molecule has 0 spiro atoms. The van der Waals surface area contributed by atoms with Gasteiger partial charge in [-0.05, 0) is 47.0 Å². The van der Waals surface area contributed by atoms with Crippen molar-refractivity contribution in [2.24, 2.45) is 0 Å². The van der Waals surface area contributed by atoms with Crippen LogP contribution in [-0.2, 0) is 11.2 Å². The third-order valence-corrected chi connectivity index (χ3v) is 5.69. The summed E-state index contributed by atoms with van der Waals surface area (Å²) in [5.41, 5.74) is 2.41. The number of aromatic nitrogens is 2. The van der Waals surface area contributed by atoms with Crippen LogP contribution in [0.15, 0.2) is 82.5 Å². The first-order valence-corrected chi connectivity index (χ1v) is 10.9. The number of carbonyl (C=O) groups is 1. The fourth-order valence-corrected chi connectivity index (χ4v) is 4.01. The van der Waals surface area contributed by atoms with E-state index >= 15 is 0 Å². The average molecular weight is 496 g/mol. The second-order valence-corrected chi connectivity index (χ2v) is 8.24. The first kappa shape index (κ1) is 23.4. The molecule has 3 aromatic carbocycles. The van der Waals surface area contributed by atoms with E-state index in [0.29, 0.717) is 22.1 Å². The lowest BCUT2D eigenvalue weighted by Gasteiger charge is -2.11. The topological polar surface area (TPSA) is 93.2 Å². The minimum Gasteiger partial charge on any atom is -0.495 e. The Balaban J connectivity index is 1.48. The highest BCUT2D eigenvalue weighted by Gasteiger charge is 2.10. The van der Waals surface area contributed by atoms with E-state index in [9.17, 15) is 14.4 Å². The van der Waals surface area contributed by atoms with Gasteiger partial charge < -0.3 is 10.1 Å². The molecular weight excluding hydrogens is 477 g/mol. The van der Waals surface area contributed by atoms with Gasteiger partial charge in [-0.3, -0.25) is 19.1 Å². The number of nitrogens with zero attached hydrogens (tertiary/aromatic N) is 1. The van der Waals surface area contributed by atoms with Crippen molar-refractivity contribution in [1.29, 1.82) is 0 Å². The van der Waals surface area contributed by atoms with Crippen molar-refractivity contribution in [1.82, 2.24) is 9.55 Å². The summed E-state index contributed by atoms with van der Waals surface area (Å²) in [5, 5.41) is 3.56. The molecular formula is C25H19Cl2N3O4. The Morgan fingerprint density at radius 2 is 1.76 bits per heavy atom. The molecule has 9 heteroatoms. The quantitative estimate of drug-likeness (QED) is 0.405. The standard InChI is InChI=1S/C25H19Cl2N3O4/c1-34-22-8-5-17(13-20(22)27)16-4-2-3-15(11-16)12-24(32)28-18-6-7-21(19(26)14-18)30-10-9-23(31)29-25(30)33/h2-11,13-14H,12H2,1H3,(H,28,32)(H,29,31,33). The summed E-state index contributed by atoms with van der Waals surface area (Å²) in [6, 6.07) is 19.1. The summed E-state index contributed by atoms with van der Waals surface area (Å²) in [4.78, 5) is 38.1. The number of H-pyrrole nitrogens is 1. The van der Waals surface area contributed by atoms with Crippen LogP contribution in [0, 0.1) is 0 Å². The lowest BCUT2D eigenvalue weighted by Crippen LogP contribution is -2.27. The number of benzene rings is 3. The normalized spacial score (nSPS) is 10.7. The third kappa shape index (κ3) is 5.22. The van der Waals surface area contributed by atoms with E-state index < -0.39 is 11.2 Å². The minimum atomic E-state index is -0.607. The lowest BCUT2D eigenvalue weighted by atomic mass is 10.0. The van der Waals surface area contributed by atoms with Crippen LogP contribution in [-0.4, -0.2) is 22.6 Å². The van der Waals surface area contributed by atoms with Gasteiger partial charge in [-0.15, -0.1) is 0 Å². The molecule has 34 heavy (non-hydrogen) atoms. The van der Waals surface area contributed by atoms with Gasteiger partial charge >= 0.3 is 5.69 Å². The van der Waals surface area contributed by atoms with Crippen LogP contribution in [0.3, 0.4) is 0 Å². The summed E-state index contributed by atoms with van der Waals surface area (Å²) < 4.78 is 6.41. The van der Waals surface area contributed by atoms with Gasteiger partial charge in [0, 0.05) is 18.0 Å². The number of halogens is 2. The van der Waals surface area contributed by atoms with Gasteiger partial charge in [-0.2, -0.15) is 0 Å². The van der Waals surface area contributed by atoms with E-state index in [1.807, 2.05) is 36.4 Å². The molecule has 0 bridgehead atoms. The van der Waals surface area contributed by atoms with E-state index in [0.717, 1.165) is 16.7 Å². The van der Waals surface area contributed by atoms with Gasteiger partial charge in [0.25, 0.3) is 5.56 Å². The third-order valence-electron chi connectivity index (χ3n) is 5.09. The van der Waals surface area contributed by atoms with Crippen molar-refractivity contribution in [2.75, 3.05) is 12.4 Å². The molecule has 0 aliphatic rings. The molecule has 1 aromatic heterocycles. The molecule has 2 N–H and O–H groups in total. The van der Waals surface area contributed by atoms with E-state index in [1.54, 1.807) is 31.4 Å². The molecule has 0 saturated carbocycles. The zero-order valence-electron chi connectivity index (χ0n) is 18.0. The molecule has 0 aliphatic carbocycles. The highest BCUT2D eigenvalue weighted by Crippen LogP contribution is 2.30. The number of nitrogens with one attached hydrogen (secondary N) is 2. The van der Waals surface area contributed by atoms with Gasteiger partial charge in [-0.1, -0.05) is 53.5 Å². The van der Waals surface area contributed by atoms with Crippen LogP contribution in [0.1, 0.15) is 5.56 Å². The number of hydrogen-bond acceptors (Lipinski definition) is 4. The molecule has 0 aliphatic heterocycles. The number of methoxy groups -OCH3 is 1. The summed E-state index contributed by atoms with van der Waals surface area (Å²) >= 11 is 12.6. The summed E-state index contributed by atoms with van der Waals surface area (Å²) in [6.45, 7) is 0. The lowest BCUT2D eigenvalue weighted by molar-refractivity contribution is -0.115. The van der Waals surface area contributed by atoms with Gasteiger partial charge in [-0.25, -0.2) is 4.79 Å². The maximum atomic E-state index is 12.6. The zero-order chi connectivity index (χ0) is 24.2. The molecule has 0 saturated heterocycles. The van der Waals surface area contributed by atoms with Crippen molar-refractivity contribution >= 4 is 34.8 Å². The second kappa shape index (κ2) is 9.99. The van der Waals surface area contributed by atoms with Crippen molar-refractivity contribution < 1.29 is 9.53 Å². The Morgan fingerprint density at radius 3 is 2.47 bits per heavy atom. The van der Waals surface area contributed by atoms with Crippen molar-refractivity contribution in [3.63, 3.8) is 0 Å². The highest BCUT2D eigenvalue weighted by atomic mass is 35.5. The number of ether oxygens (including phenoxy) is 1. The van der Waals surface area contributed by atoms with E-state index in [2.05, 4.69) is 10.3 Å². The number of anilines is 1. The number of hydrogen-bond donors (Lipinski definition) is 2. The van der Waals surface area contributed by atoms with Gasteiger partial charge in [0.2, 0.25) is 5.91 Å². The molecule has 4 aromatic rings. The molecule has 1 heterocycles. The van der Waals surface area contributed by atoms with Crippen molar-refractivity contribution in [3.05, 3.63) is 109 Å². The van der Waals surface area contributed by atoms with Crippen LogP contribution < -0.4 is 21.3 Å². The molecule has 7 nitrogen and oxygen atoms in total. The fraction of sp³-hybridized carbons (Fsp3) is 0.0800. The van der Waals surface area contributed by atoms with E-state index in [1.165, 1.54) is 16.8 Å². The Morgan fingerprint density at radius 1 is 0.971 bits per heavy atom. The predicted octanol–water partition coefficient (Wildman–Crippen LogP) is 4.69. The maximum absolute atomic E-state index is 12.6. The fourth-order valence-electron chi connectivity index (χ4n) is 3.48. The summed E-state index contributed by atoms with van der Waals surface area (Å²) in [6.07, 6.45) is 1.49. The van der Waals surface area contributed by atoms with Gasteiger partial charge in [0.05, 0.1) is 29.3 Å². The predicted molar refractivity (Wildman–Crippen MR) is 133 cm³/mol. The monoisotopic (exact) mass is 495 g/mol. The molecule has 0 unspecified atom stereocenters. The van der Waals surface area contributed by atoms with E-state index in [-0.39, 0.29) is 17.4 Å².